The lowest BCUT2D eigenvalue weighted by Crippen LogP contribution is -2.34. The fraction of sp³-hybridized carbons (Fsp3) is 0.400. The molecule has 0 aliphatic heterocycles. The van der Waals surface area contributed by atoms with E-state index in [9.17, 15) is 9.18 Å². The van der Waals surface area contributed by atoms with Crippen LogP contribution in [0.5, 0.6) is 0 Å². The van der Waals surface area contributed by atoms with Crippen LogP contribution in [0.15, 0.2) is 53.7 Å². The molecule has 7 heteroatoms. The molecule has 1 amide bonds. The standard InChI is InChI=1S/C25H29FN4OS/c1-17(2)15-30-24(20-12-6-7-13-21(20)26)27-28-25(30)32-16-23(31)29(3)22-14-8-10-18-9-4-5-11-19(18)22/h4-7,9,11-13,17,22H,8,10,14-16H2,1-3H3. The number of aryl methyl sites for hydroxylation is 1. The first kappa shape index (κ1) is 22.5. The van der Waals surface area contributed by atoms with E-state index in [0.29, 0.717) is 29.0 Å². The van der Waals surface area contributed by atoms with Crippen molar-refractivity contribution in [3.63, 3.8) is 0 Å². The van der Waals surface area contributed by atoms with Gasteiger partial charge in [0, 0.05) is 13.6 Å². The van der Waals surface area contributed by atoms with Crippen molar-refractivity contribution in [1.29, 1.82) is 0 Å². The number of hydrogen-bond donors (Lipinski definition) is 0. The second-order valence-corrected chi connectivity index (χ2v) is 9.63. The van der Waals surface area contributed by atoms with Gasteiger partial charge in [-0.15, -0.1) is 10.2 Å². The molecule has 1 unspecified atom stereocenters. The SMILES string of the molecule is CC(C)Cn1c(SCC(=O)N(C)C2CCCc3ccccc32)nnc1-c1ccccc1F. The monoisotopic (exact) mass is 452 g/mol. The first-order valence-corrected chi connectivity index (χ1v) is 12.1. The van der Waals surface area contributed by atoms with Crippen molar-refractivity contribution in [2.75, 3.05) is 12.8 Å². The zero-order chi connectivity index (χ0) is 22.7. The molecule has 0 bridgehead atoms. The smallest absolute Gasteiger partial charge is 0.233 e. The van der Waals surface area contributed by atoms with E-state index in [2.05, 4.69) is 42.2 Å². The van der Waals surface area contributed by atoms with Crippen LogP contribution in [-0.4, -0.2) is 38.4 Å². The van der Waals surface area contributed by atoms with E-state index in [1.807, 2.05) is 22.6 Å². The summed E-state index contributed by atoms with van der Waals surface area (Å²) in [6.07, 6.45) is 3.13. The summed E-state index contributed by atoms with van der Waals surface area (Å²) in [5.41, 5.74) is 3.02. The normalized spacial score (nSPS) is 15.6. The molecule has 0 fully saturated rings. The van der Waals surface area contributed by atoms with E-state index in [4.69, 9.17) is 0 Å². The molecular weight excluding hydrogens is 423 g/mol. The minimum atomic E-state index is -0.326. The third kappa shape index (κ3) is 4.72. The Morgan fingerprint density at radius 2 is 1.94 bits per heavy atom. The second-order valence-electron chi connectivity index (χ2n) is 8.69. The molecule has 3 aromatic rings. The lowest BCUT2D eigenvalue weighted by atomic mass is 9.87. The topological polar surface area (TPSA) is 51.0 Å². The summed E-state index contributed by atoms with van der Waals surface area (Å²) in [4.78, 5) is 14.9. The van der Waals surface area contributed by atoms with Gasteiger partial charge in [0.15, 0.2) is 11.0 Å². The Balaban J connectivity index is 1.51. The van der Waals surface area contributed by atoms with Gasteiger partial charge in [-0.1, -0.05) is 62.0 Å². The number of carbonyl (C=O) groups is 1. The molecule has 2 aromatic carbocycles. The summed E-state index contributed by atoms with van der Waals surface area (Å²) < 4.78 is 16.3. The van der Waals surface area contributed by atoms with Crippen LogP contribution < -0.4 is 0 Å². The molecular formula is C25H29FN4OS. The molecule has 1 aliphatic rings. The Morgan fingerprint density at radius 3 is 2.72 bits per heavy atom. The number of nitrogens with zero attached hydrogens (tertiary/aromatic N) is 4. The highest BCUT2D eigenvalue weighted by atomic mass is 32.2. The van der Waals surface area contributed by atoms with Crippen molar-refractivity contribution in [3.8, 4) is 11.4 Å². The first-order valence-electron chi connectivity index (χ1n) is 11.1. The van der Waals surface area contributed by atoms with E-state index in [1.54, 1.807) is 18.2 Å². The highest BCUT2D eigenvalue weighted by Crippen LogP contribution is 2.34. The third-order valence-corrected chi connectivity index (χ3v) is 6.85. The van der Waals surface area contributed by atoms with Crippen molar-refractivity contribution >= 4 is 17.7 Å². The number of amides is 1. The average Bonchev–Trinajstić information content (AvgIpc) is 3.18. The number of hydrogen-bond acceptors (Lipinski definition) is 4. The zero-order valence-corrected chi connectivity index (χ0v) is 19.6. The molecule has 32 heavy (non-hydrogen) atoms. The van der Waals surface area contributed by atoms with Gasteiger partial charge in [0.1, 0.15) is 5.82 Å². The maximum absolute atomic E-state index is 14.4. The highest BCUT2D eigenvalue weighted by molar-refractivity contribution is 7.99. The van der Waals surface area contributed by atoms with Crippen LogP contribution in [0, 0.1) is 11.7 Å². The number of aromatic nitrogens is 3. The van der Waals surface area contributed by atoms with Gasteiger partial charge < -0.3 is 9.47 Å². The van der Waals surface area contributed by atoms with Crippen LogP contribution >= 0.6 is 11.8 Å². The van der Waals surface area contributed by atoms with Crippen LogP contribution in [0.3, 0.4) is 0 Å². The van der Waals surface area contributed by atoms with Crippen molar-refractivity contribution in [3.05, 3.63) is 65.5 Å². The number of rotatable bonds is 7. The van der Waals surface area contributed by atoms with Gasteiger partial charge in [0.05, 0.1) is 17.4 Å². The van der Waals surface area contributed by atoms with Crippen molar-refractivity contribution in [2.24, 2.45) is 5.92 Å². The zero-order valence-electron chi connectivity index (χ0n) is 18.8. The predicted molar refractivity (Wildman–Crippen MR) is 126 cm³/mol. The average molecular weight is 453 g/mol. The summed E-state index contributed by atoms with van der Waals surface area (Å²) >= 11 is 1.37. The molecule has 5 nitrogen and oxygen atoms in total. The molecule has 1 aromatic heterocycles. The predicted octanol–water partition coefficient (Wildman–Crippen LogP) is 5.37. The van der Waals surface area contributed by atoms with Gasteiger partial charge in [-0.2, -0.15) is 0 Å². The Labute approximate surface area is 193 Å². The third-order valence-electron chi connectivity index (χ3n) is 5.90. The largest absolute Gasteiger partial charge is 0.338 e. The minimum absolute atomic E-state index is 0.0586. The fourth-order valence-corrected chi connectivity index (χ4v) is 5.17. The van der Waals surface area contributed by atoms with Crippen molar-refractivity contribution in [2.45, 2.75) is 50.9 Å². The van der Waals surface area contributed by atoms with Crippen LogP contribution in [-0.2, 0) is 17.8 Å². The Kier molecular flexibility index (Phi) is 6.94. The maximum Gasteiger partial charge on any atom is 0.233 e. The molecule has 1 heterocycles. The molecule has 0 saturated heterocycles. The van der Waals surface area contributed by atoms with Gasteiger partial charge in [0.2, 0.25) is 5.91 Å². The Bertz CT molecular complexity index is 1100. The summed E-state index contributed by atoms with van der Waals surface area (Å²) in [6, 6.07) is 15.1. The van der Waals surface area contributed by atoms with Gasteiger partial charge in [0.25, 0.3) is 0 Å². The number of benzene rings is 2. The number of carbonyl (C=O) groups excluding carboxylic acids is 1. The molecule has 168 valence electrons. The van der Waals surface area contributed by atoms with Crippen molar-refractivity contribution in [1.82, 2.24) is 19.7 Å². The molecule has 0 radical (unpaired) electrons. The molecule has 4 rings (SSSR count). The summed E-state index contributed by atoms with van der Waals surface area (Å²) in [5, 5.41) is 9.22. The number of halogens is 1. The van der Waals surface area contributed by atoms with Crippen LogP contribution in [0.1, 0.15) is 43.9 Å². The van der Waals surface area contributed by atoms with E-state index in [0.717, 1.165) is 19.3 Å². The van der Waals surface area contributed by atoms with Gasteiger partial charge in [-0.25, -0.2) is 4.39 Å². The summed E-state index contributed by atoms with van der Waals surface area (Å²) in [6.45, 7) is 4.84. The van der Waals surface area contributed by atoms with E-state index >= 15 is 0 Å². The first-order chi connectivity index (χ1) is 15.5. The Morgan fingerprint density at radius 1 is 1.19 bits per heavy atom. The molecule has 1 aliphatic carbocycles. The van der Waals surface area contributed by atoms with Crippen LogP contribution in [0.4, 0.5) is 4.39 Å². The summed E-state index contributed by atoms with van der Waals surface area (Å²) in [7, 11) is 1.89. The second kappa shape index (κ2) is 9.86. The van der Waals surface area contributed by atoms with E-state index in [-0.39, 0.29) is 23.5 Å². The van der Waals surface area contributed by atoms with Crippen LogP contribution in [0.25, 0.3) is 11.4 Å². The molecule has 1 atom stereocenters. The van der Waals surface area contributed by atoms with Gasteiger partial charge >= 0.3 is 0 Å². The molecule has 0 saturated carbocycles. The summed E-state index contributed by atoms with van der Waals surface area (Å²) in [5.74, 6) is 0.827. The maximum atomic E-state index is 14.4. The number of thioether (sulfide) groups is 1. The molecule has 0 N–H and O–H groups in total. The van der Waals surface area contributed by atoms with E-state index in [1.165, 1.54) is 29.0 Å². The number of fused-ring (bicyclic) bond motifs is 1. The highest BCUT2D eigenvalue weighted by Gasteiger charge is 2.27. The van der Waals surface area contributed by atoms with Crippen LogP contribution in [0.2, 0.25) is 0 Å². The lowest BCUT2D eigenvalue weighted by molar-refractivity contribution is -0.129. The quantitative estimate of drug-likeness (QED) is 0.452. The Hall–Kier alpha value is -2.67. The molecule has 0 spiro atoms. The van der Waals surface area contributed by atoms with Gasteiger partial charge in [-0.05, 0) is 48.4 Å². The van der Waals surface area contributed by atoms with E-state index < -0.39 is 0 Å². The van der Waals surface area contributed by atoms with Crippen molar-refractivity contribution < 1.29 is 9.18 Å². The lowest BCUT2D eigenvalue weighted by Gasteiger charge is -2.33. The fourth-order valence-electron chi connectivity index (χ4n) is 4.30. The minimum Gasteiger partial charge on any atom is -0.338 e. The van der Waals surface area contributed by atoms with Gasteiger partial charge in [-0.3, -0.25) is 4.79 Å².